The quantitative estimate of drug-likeness (QED) is 0.634. The number of hydrogen-bond donors (Lipinski definition) is 0. The third-order valence-electron chi connectivity index (χ3n) is 3.91. The summed E-state index contributed by atoms with van der Waals surface area (Å²) >= 11 is 1.33. The van der Waals surface area contributed by atoms with Gasteiger partial charge in [0.05, 0.1) is 15.5 Å². The molecule has 0 bridgehead atoms. The van der Waals surface area contributed by atoms with Crippen molar-refractivity contribution in [1.82, 2.24) is 0 Å². The summed E-state index contributed by atoms with van der Waals surface area (Å²) in [5.41, 5.74) is 1.71. The Morgan fingerprint density at radius 2 is 1.64 bits per heavy atom. The van der Waals surface area contributed by atoms with Crippen molar-refractivity contribution in [2.45, 2.75) is 11.8 Å². The molecule has 2 aromatic carbocycles. The number of rotatable bonds is 5. The Morgan fingerprint density at radius 3 is 2.28 bits per heavy atom. The number of nitrogens with zero attached hydrogens (tertiary/aromatic N) is 1. The number of anilines is 1. The summed E-state index contributed by atoms with van der Waals surface area (Å²) in [6.45, 7) is 1.90. The van der Waals surface area contributed by atoms with Crippen molar-refractivity contribution in [3.63, 3.8) is 0 Å². The van der Waals surface area contributed by atoms with Crippen LogP contribution in [0.3, 0.4) is 0 Å². The molecular formula is C19H17NO3S2. The Balaban J connectivity index is 2.04. The van der Waals surface area contributed by atoms with E-state index in [0.717, 1.165) is 5.56 Å². The zero-order chi connectivity index (χ0) is 18.0. The Labute approximate surface area is 151 Å². The topological polar surface area (TPSA) is 54.5 Å². The van der Waals surface area contributed by atoms with Gasteiger partial charge in [-0.15, -0.1) is 11.3 Å². The van der Waals surface area contributed by atoms with Gasteiger partial charge in [-0.05, 0) is 42.6 Å². The summed E-state index contributed by atoms with van der Waals surface area (Å²) in [6, 6.07) is 16.9. The van der Waals surface area contributed by atoms with E-state index < -0.39 is 10.0 Å². The van der Waals surface area contributed by atoms with E-state index in [-0.39, 0.29) is 10.7 Å². The molecule has 0 amide bonds. The van der Waals surface area contributed by atoms with Crippen LogP contribution in [0.25, 0.3) is 0 Å². The van der Waals surface area contributed by atoms with E-state index >= 15 is 0 Å². The van der Waals surface area contributed by atoms with E-state index in [4.69, 9.17) is 0 Å². The molecule has 0 radical (unpaired) electrons. The summed E-state index contributed by atoms with van der Waals surface area (Å²) in [4.78, 5) is 13.5. The zero-order valence-corrected chi connectivity index (χ0v) is 15.5. The van der Waals surface area contributed by atoms with E-state index in [1.807, 2.05) is 12.3 Å². The van der Waals surface area contributed by atoms with Crippen molar-refractivity contribution in [3.05, 3.63) is 82.0 Å². The molecule has 0 N–H and O–H groups in total. The fourth-order valence-electron chi connectivity index (χ4n) is 2.48. The first kappa shape index (κ1) is 17.4. The Hall–Kier alpha value is -2.44. The first-order chi connectivity index (χ1) is 11.9. The van der Waals surface area contributed by atoms with Crippen molar-refractivity contribution in [2.75, 3.05) is 11.4 Å². The maximum atomic E-state index is 12.9. The van der Waals surface area contributed by atoms with Crippen LogP contribution in [0.5, 0.6) is 0 Å². The fourth-order valence-corrected chi connectivity index (χ4v) is 4.37. The summed E-state index contributed by atoms with van der Waals surface area (Å²) in [7, 11) is -2.28. The van der Waals surface area contributed by atoms with Gasteiger partial charge in [-0.1, -0.05) is 35.9 Å². The van der Waals surface area contributed by atoms with Crippen molar-refractivity contribution in [2.24, 2.45) is 0 Å². The van der Waals surface area contributed by atoms with Gasteiger partial charge in [-0.25, -0.2) is 8.42 Å². The Bertz CT molecular complexity index is 991. The monoisotopic (exact) mass is 371 g/mol. The van der Waals surface area contributed by atoms with Crippen molar-refractivity contribution in [3.8, 4) is 0 Å². The lowest BCUT2D eigenvalue weighted by atomic mass is 10.1. The molecule has 0 saturated heterocycles. The van der Waals surface area contributed by atoms with Gasteiger partial charge in [0.2, 0.25) is 5.78 Å². The van der Waals surface area contributed by atoms with Crippen LogP contribution in [0.2, 0.25) is 0 Å². The third kappa shape index (κ3) is 3.36. The molecule has 0 fully saturated rings. The maximum Gasteiger partial charge on any atom is 0.264 e. The fraction of sp³-hybridized carbons (Fsp3) is 0.105. The summed E-state index contributed by atoms with van der Waals surface area (Å²) in [5, 5.41) is 1.82. The van der Waals surface area contributed by atoms with Gasteiger partial charge in [0.1, 0.15) is 0 Å². The SMILES string of the molecule is Cc1ccc(S(=O)(=O)N(C)c2ccccc2C(=O)c2cccs2)cc1. The largest absolute Gasteiger partial charge is 0.288 e. The molecule has 3 aromatic rings. The number of para-hydroxylation sites is 1. The van der Waals surface area contributed by atoms with Gasteiger partial charge in [0.25, 0.3) is 10.0 Å². The van der Waals surface area contributed by atoms with Gasteiger partial charge in [-0.3, -0.25) is 9.10 Å². The number of hydrogen-bond acceptors (Lipinski definition) is 4. The van der Waals surface area contributed by atoms with Crippen LogP contribution in [-0.2, 0) is 10.0 Å². The number of thiophene rings is 1. The van der Waals surface area contributed by atoms with E-state index in [9.17, 15) is 13.2 Å². The first-order valence-corrected chi connectivity index (χ1v) is 9.96. The first-order valence-electron chi connectivity index (χ1n) is 7.64. The molecule has 0 aliphatic carbocycles. The van der Waals surface area contributed by atoms with E-state index in [1.54, 1.807) is 60.7 Å². The summed E-state index contributed by atoms with van der Waals surface area (Å²) in [5.74, 6) is -0.184. The maximum absolute atomic E-state index is 12.9. The van der Waals surface area contributed by atoms with Crippen molar-refractivity contribution >= 4 is 32.8 Å². The standard InChI is InChI=1S/C19H17NO3S2/c1-14-9-11-15(12-10-14)25(22,23)20(2)17-7-4-3-6-16(17)19(21)18-8-5-13-24-18/h3-13H,1-2H3. The normalized spacial score (nSPS) is 11.3. The summed E-state index contributed by atoms with van der Waals surface area (Å²) < 4.78 is 27.0. The van der Waals surface area contributed by atoms with E-state index in [1.165, 1.54) is 22.7 Å². The number of aryl methyl sites for hydroxylation is 1. The predicted molar refractivity (Wildman–Crippen MR) is 101 cm³/mol. The van der Waals surface area contributed by atoms with Crippen LogP contribution in [0.1, 0.15) is 20.8 Å². The van der Waals surface area contributed by atoms with Gasteiger partial charge >= 0.3 is 0 Å². The molecule has 6 heteroatoms. The highest BCUT2D eigenvalue weighted by Gasteiger charge is 2.25. The van der Waals surface area contributed by atoms with Crippen LogP contribution in [-0.4, -0.2) is 21.2 Å². The van der Waals surface area contributed by atoms with E-state index in [0.29, 0.717) is 16.1 Å². The van der Waals surface area contributed by atoms with E-state index in [2.05, 4.69) is 0 Å². The Kier molecular flexibility index (Phi) is 4.74. The molecule has 1 aromatic heterocycles. The molecule has 25 heavy (non-hydrogen) atoms. The lowest BCUT2D eigenvalue weighted by Gasteiger charge is -2.22. The second-order valence-corrected chi connectivity index (χ2v) is 8.53. The molecule has 3 rings (SSSR count). The average molecular weight is 371 g/mol. The van der Waals surface area contributed by atoms with Crippen LogP contribution in [0.15, 0.2) is 70.9 Å². The second kappa shape index (κ2) is 6.82. The van der Waals surface area contributed by atoms with Gasteiger partial charge in [0, 0.05) is 12.6 Å². The molecular weight excluding hydrogens is 354 g/mol. The Morgan fingerprint density at radius 1 is 0.960 bits per heavy atom. The molecule has 0 saturated carbocycles. The molecule has 0 aliphatic heterocycles. The van der Waals surface area contributed by atoms with Crippen LogP contribution in [0, 0.1) is 6.92 Å². The third-order valence-corrected chi connectivity index (χ3v) is 6.57. The molecule has 4 nitrogen and oxygen atoms in total. The molecule has 0 atom stereocenters. The smallest absolute Gasteiger partial charge is 0.264 e. The zero-order valence-electron chi connectivity index (χ0n) is 13.8. The molecule has 0 aliphatic rings. The predicted octanol–water partition coefficient (Wildman–Crippen LogP) is 4.11. The molecule has 0 spiro atoms. The van der Waals surface area contributed by atoms with Gasteiger partial charge < -0.3 is 0 Å². The lowest BCUT2D eigenvalue weighted by molar-refractivity contribution is 0.104. The summed E-state index contributed by atoms with van der Waals surface area (Å²) in [6.07, 6.45) is 0. The highest BCUT2D eigenvalue weighted by Crippen LogP contribution is 2.28. The number of ketones is 1. The highest BCUT2D eigenvalue weighted by molar-refractivity contribution is 7.92. The van der Waals surface area contributed by atoms with Gasteiger partial charge in [-0.2, -0.15) is 0 Å². The lowest BCUT2D eigenvalue weighted by Crippen LogP contribution is -2.28. The minimum atomic E-state index is -3.75. The minimum absolute atomic E-state index is 0.184. The number of sulfonamides is 1. The number of carbonyl (C=O) groups excluding carboxylic acids is 1. The van der Waals surface area contributed by atoms with Crippen LogP contribution >= 0.6 is 11.3 Å². The highest BCUT2D eigenvalue weighted by atomic mass is 32.2. The average Bonchev–Trinajstić information content (AvgIpc) is 3.15. The minimum Gasteiger partial charge on any atom is -0.288 e. The van der Waals surface area contributed by atoms with Crippen molar-refractivity contribution in [1.29, 1.82) is 0 Å². The van der Waals surface area contributed by atoms with Crippen LogP contribution in [0.4, 0.5) is 5.69 Å². The molecule has 128 valence electrons. The molecule has 0 unspecified atom stereocenters. The number of benzene rings is 2. The molecule has 1 heterocycles. The van der Waals surface area contributed by atoms with Crippen LogP contribution < -0.4 is 4.31 Å². The second-order valence-electron chi connectivity index (χ2n) is 5.61. The van der Waals surface area contributed by atoms with Crippen molar-refractivity contribution < 1.29 is 13.2 Å². The van der Waals surface area contributed by atoms with Gasteiger partial charge in [0.15, 0.2) is 0 Å². The number of carbonyl (C=O) groups is 1.